The highest BCUT2D eigenvalue weighted by molar-refractivity contribution is 5.95. The number of carbonyl (C=O) groups is 1. The van der Waals surface area contributed by atoms with Crippen molar-refractivity contribution >= 4 is 11.7 Å². The highest BCUT2D eigenvalue weighted by Crippen LogP contribution is 2.32. The first-order valence-corrected chi connectivity index (χ1v) is 12.1. The van der Waals surface area contributed by atoms with E-state index in [1.54, 1.807) is 12.1 Å². The van der Waals surface area contributed by atoms with E-state index in [0.29, 0.717) is 13.1 Å². The molecule has 7 heteroatoms. The number of ether oxygens (including phenoxy) is 1. The fraction of sp³-hybridized carbons (Fsp3) is 0.321. The van der Waals surface area contributed by atoms with E-state index in [2.05, 4.69) is 39.2 Å². The topological polar surface area (TPSA) is 44.8 Å². The third-order valence-electron chi connectivity index (χ3n) is 6.83. The van der Waals surface area contributed by atoms with Crippen molar-refractivity contribution in [3.63, 3.8) is 0 Å². The van der Waals surface area contributed by atoms with Gasteiger partial charge < -0.3 is 10.1 Å². The van der Waals surface area contributed by atoms with Gasteiger partial charge in [-0.25, -0.2) is 4.79 Å². The van der Waals surface area contributed by atoms with E-state index in [1.807, 2.05) is 41.3 Å². The molecule has 0 radical (unpaired) electrons. The van der Waals surface area contributed by atoms with Crippen molar-refractivity contribution in [1.82, 2.24) is 10.2 Å². The lowest BCUT2D eigenvalue weighted by Crippen LogP contribution is -2.48. The number of piperidine rings is 1. The number of amides is 2. The Morgan fingerprint density at radius 1 is 0.943 bits per heavy atom. The summed E-state index contributed by atoms with van der Waals surface area (Å²) in [5.74, 6) is 0.223. The smallest absolute Gasteiger partial charge is 0.387 e. The minimum atomic E-state index is -2.84. The summed E-state index contributed by atoms with van der Waals surface area (Å²) >= 11 is 0. The van der Waals surface area contributed by atoms with Gasteiger partial charge in [-0.15, -0.1) is 0 Å². The summed E-state index contributed by atoms with van der Waals surface area (Å²) in [6.45, 7) is -0.0418. The van der Waals surface area contributed by atoms with Gasteiger partial charge >= 0.3 is 12.6 Å². The van der Waals surface area contributed by atoms with Crippen LogP contribution in [0, 0.1) is 0 Å². The standard InChI is InChI=1S/C28H29F2N3O2/c29-27(30)35-26-9-5-4-8-23(26)19-32-15-13-24(14-16-32)31-28(34)33-17-12-22-18-21(10-11-25(22)33)20-6-2-1-3-7-20/h1-11,18,24,27H,12-17,19H2,(H,31,34). The maximum absolute atomic E-state index is 13.1. The van der Waals surface area contributed by atoms with Crippen LogP contribution in [0.2, 0.25) is 0 Å². The summed E-state index contributed by atoms with van der Waals surface area (Å²) in [5.41, 5.74) is 5.27. The molecule has 0 aliphatic carbocycles. The Hall–Kier alpha value is -3.45. The van der Waals surface area contributed by atoms with Gasteiger partial charge in [0.05, 0.1) is 0 Å². The van der Waals surface area contributed by atoms with E-state index in [0.717, 1.165) is 43.6 Å². The van der Waals surface area contributed by atoms with Crippen LogP contribution in [-0.2, 0) is 13.0 Å². The third-order valence-corrected chi connectivity index (χ3v) is 6.83. The molecule has 5 rings (SSSR count). The average molecular weight is 478 g/mol. The first-order valence-electron chi connectivity index (χ1n) is 12.1. The van der Waals surface area contributed by atoms with Gasteiger partial charge in [-0.1, -0.05) is 54.6 Å². The van der Waals surface area contributed by atoms with Crippen LogP contribution in [-0.4, -0.2) is 43.2 Å². The Balaban J connectivity index is 1.15. The minimum absolute atomic E-state index is 0.0506. The predicted molar refractivity (Wildman–Crippen MR) is 133 cm³/mol. The van der Waals surface area contributed by atoms with Crippen molar-refractivity contribution in [2.45, 2.75) is 38.5 Å². The van der Waals surface area contributed by atoms with Crippen molar-refractivity contribution in [2.24, 2.45) is 0 Å². The molecule has 0 unspecified atom stereocenters. The number of anilines is 1. The first-order chi connectivity index (χ1) is 17.1. The molecular formula is C28H29F2N3O2. The number of carbonyl (C=O) groups excluding carboxylic acids is 1. The van der Waals surface area contributed by atoms with Gasteiger partial charge in [0.25, 0.3) is 0 Å². The van der Waals surface area contributed by atoms with Crippen molar-refractivity contribution < 1.29 is 18.3 Å². The number of hydrogen-bond acceptors (Lipinski definition) is 3. The quantitative estimate of drug-likeness (QED) is 0.496. The molecule has 3 aromatic carbocycles. The first kappa shape index (κ1) is 23.3. The largest absolute Gasteiger partial charge is 0.434 e. The maximum Gasteiger partial charge on any atom is 0.387 e. The van der Waals surface area contributed by atoms with Crippen molar-refractivity contribution in [2.75, 3.05) is 24.5 Å². The lowest BCUT2D eigenvalue weighted by molar-refractivity contribution is -0.0508. The van der Waals surface area contributed by atoms with Crippen LogP contribution in [0.5, 0.6) is 5.75 Å². The maximum atomic E-state index is 13.1. The normalized spacial score (nSPS) is 16.4. The number of hydrogen-bond donors (Lipinski definition) is 1. The molecule has 0 saturated carbocycles. The Labute approximate surface area is 204 Å². The van der Waals surface area contributed by atoms with Crippen molar-refractivity contribution in [1.29, 1.82) is 0 Å². The summed E-state index contributed by atoms with van der Waals surface area (Å²) in [6.07, 6.45) is 2.48. The summed E-state index contributed by atoms with van der Waals surface area (Å²) in [6, 6.07) is 23.5. The summed E-state index contributed by atoms with van der Waals surface area (Å²) in [7, 11) is 0. The van der Waals surface area contributed by atoms with Crippen molar-refractivity contribution in [3.8, 4) is 16.9 Å². The lowest BCUT2D eigenvalue weighted by Gasteiger charge is -2.33. The molecule has 2 heterocycles. The van der Waals surface area contributed by atoms with Crippen LogP contribution in [0.3, 0.4) is 0 Å². The zero-order valence-electron chi connectivity index (χ0n) is 19.5. The van der Waals surface area contributed by atoms with E-state index < -0.39 is 6.61 Å². The number of alkyl halides is 2. The summed E-state index contributed by atoms with van der Waals surface area (Å²) < 4.78 is 30.0. The number of nitrogens with one attached hydrogen (secondary N) is 1. The number of urea groups is 1. The van der Waals surface area contributed by atoms with Crippen molar-refractivity contribution in [3.05, 3.63) is 83.9 Å². The number of benzene rings is 3. The molecule has 2 aliphatic heterocycles. The van der Waals surface area contributed by atoms with Crippen LogP contribution in [0.15, 0.2) is 72.8 Å². The number of para-hydroxylation sites is 1. The molecule has 3 aromatic rings. The fourth-order valence-electron chi connectivity index (χ4n) is 5.00. The van der Waals surface area contributed by atoms with Gasteiger partial charge in [-0.05, 0) is 54.2 Å². The van der Waals surface area contributed by atoms with E-state index in [9.17, 15) is 13.6 Å². The van der Waals surface area contributed by atoms with E-state index in [1.165, 1.54) is 16.7 Å². The number of fused-ring (bicyclic) bond motifs is 1. The highest BCUT2D eigenvalue weighted by Gasteiger charge is 2.28. The molecule has 1 N–H and O–H groups in total. The van der Waals surface area contributed by atoms with Crippen LogP contribution >= 0.6 is 0 Å². The zero-order valence-corrected chi connectivity index (χ0v) is 19.5. The Bertz CT molecular complexity index is 1160. The molecule has 182 valence electrons. The molecule has 35 heavy (non-hydrogen) atoms. The number of halogens is 2. The van der Waals surface area contributed by atoms with Gasteiger partial charge in [0.15, 0.2) is 0 Å². The third kappa shape index (κ3) is 5.46. The second-order valence-corrected chi connectivity index (χ2v) is 9.10. The van der Waals surface area contributed by atoms with E-state index in [-0.39, 0.29) is 17.8 Å². The SMILES string of the molecule is O=C(NC1CCN(Cc2ccccc2OC(F)F)CC1)N1CCc2cc(-c3ccccc3)ccc21. The summed E-state index contributed by atoms with van der Waals surface area (Å²) in [4.78, 5) is 17.1. The minimum Gasteiger partial charge on any atom is -0.434 e. The zero-order chi connectivity index (χ0) is 24.2. The highest BCUT2D eigenvalue weighted by atomic mass is 19.3. The van der Waals surface area contributed by atoms with Gasteiger partial charge in [0, 0.05) is 43.5 Å². The Morgan fingerprint density at radius 3 is 2.46 bits per heavy atom. The Kier molecular flexibility index (Phi) is 6.95. The number of rotatable bonds is 6. The monoisotopic (exact) mass is 477 g/mol. The Morgan fingerprint density at radius 2 is 1.69 bits per heavy atom. The van der Waals surface area contributed by atoms with Gasteiger partial charge in [0.1, 0.15) is 5.75 Å². The van der Waals surface area contributed by atoms with Gasteiger partial charge in [-0.3, -0.25) is 9.80 Å². The predicted octanol–water partition coefficient (Wildman–Crippen LogP) is 5.69. The molecular weight excluding hydrogens is 448 g/mol. The molecule has 0 bridgehead atoms. The molecule has 0 atom stereocenters. The molecule has 0 aromatic heterocycles. The molecule has 5 nitrogen and oxygen atoms in total. The fourth-order valence-corrected chi connectivity index (χ4v) is 5.00. The summed E-state index contributed by atoms with van der Waals surface area (Å²) in [5, 5.41) is 3.21. The van der Waals surface area contributed by atoms with Gasteiger partial charge in [0.2, 0.25) is 0 Å². The van der Waals surface area contributed by atoms with Crippen LogP contribution in [0.1, 0.15) is 24.0 Å². The molecule has 1 fully saturated rings. The van der Waals surface area contributed by atoms with Crippen LogP contribution in [0.25, 0.3) is 11.1 Å². The van der Waals surface area contributed by atoms with Gasteiger partial charge in [-0.2, -0.15) is 8.78 Å². The molecule has 2 aliphatic rings. The lowest BCUT2D eigenvalue weighted by atomic mass is 10.0. The van der Waals surface area contributed by atoms with Crippen LogP contribution < -0.4 is 15.0 Å². The second-order valence-electron chi connectivity index (χ2n) is 9.10. The van der Waals surface area contributed by atoms with Crippen LogP contribution in [0.4, 0.5) is 19.3 Å². The average Bonchev–Trinajstić information content (AvgIpc) is 3.30. The molecule has 0 spiro atoms. The van der Waals surface area contributed by atoms with E-state index in [4.69, 9.17) is 0 Å². The molecule has 1 saturated heterocycles. The van der Waals surface area contributed by atoms with E-state index >= 15 is 0 Å². The molecule has 2 amide bonds. The number of nitrogens with zero attached hydrogens (tertiary/aromatic N) is 2. The number of likely N-dealkylation sites (tertiary alicyclic amines) is 1. The second kappa shape index (κ2) is 10.4.